The summed E-state index contributed by atoms with van der Waals surface area (Å²) in [6.45, 7) is 0. The molecule has 6 heteroatoms. The third-order valence-corrected chi connectivity index (χ3v) is 2.70. The van der Waals surface area contributed by atoms with E-state index in [0.29, 0.717) is 11.0 Å². The normalized spacial score (nSPS) is 10.9. The number of hydrogen-bond acceptors (Lipinski definition) is 2. The van der Waals surface area contributed by atoms with Gasteiger partial charge in [0, 0.05) is 6.07 Å². The Hall–Kier alpha value is -0.240. The van der Waals surface area contributed by atoms with Gasteiger partial charge in [-0.15, -0.1) is 0 Å². The monoisotopic (exact) mass is 341 g/mol. The Morgan fingerprint density at radius 2 is 2.33 bits per heavy atom. The number of pyridine rings is 1. The zero-order valence-electron chi connectivity index (χ0n) is 5.61. The molecule has 0 atom stereocenters. The smallest absolute Gasteiger partial charge is 0.158 e. The van der Waals surface area contributed by atoms with E-state index in [4.69, 9.17) is 0 Å². The van der Waals surface area contributed by atoms with Crippen LogP contribution in [-0.2, 0) is 0 Å². The highest BCUT2D eigenvalue weighted by Gasteiger charge is 2.08. The third kappa shape index (κ3) is 1.22. The van der Waals surface area contributed by atoms with Crippen LogP contribution in [0.1, 0.15) is 0 Å². The highest BCUT2D eigenvalue weighted by atomic mass is 127. The fraction of sp³-hybridized carbons (Fsp3) is 0. The molecule has 0 fully saturated rings. The van der Waals surface area contributed by atoms with E-state index in [0.717, 1.165) is 3.70 Å². The molecule has 0 unspecified atom stereocenters. The first-order valence-corrected chi connectivity index (χ1v) is 4.91. The van der Waals surface area contributed by atoms with Crippen LogP contribution in [0.2, 0.25) is 0 Å². The van der Waals surface area contributed by atoms with Crippen molar-refractivity contribution in [3.05, 3.63) is 20.2 Å². The number of fused-ring (bicyclic) bond motifs is 1. The van der Waals surface area contributed by atoms with Gasteiger partial charge >= 0.3 is 0 Å². The van der Waals surface area contributed by atoms with E-state index in [-0.39, 0.29) is 4.60 Å². The molecule has 0 radical (unpaired) electrons. The summed E-state index contributed by atoms with van der Waals surface area (Å²) >= 11 is 5.06. The van der Waals surface area contributed by atoms with Crippen molar-refractivity contribution in [3.63, 3.8) is 0 Å². The summed E-state index contributed by atoms with van der Waals surface area (Å²) in [5.74, 6) is -0.398. The molecule has 0 aliphatic carbocycles. The average Bonchev–Trinajstić information content (AvgIpc) is 2.35. The van der Waals surface area contributed by atoms with Gasteiger partial charge in [0.25, 0.3) is 0 Å². The predicted molar refractivity (Wildman–Crippen MR) is 54.3 cm³/mol. The van der Waals surface area contributed by atoms with E-state index < -0.39 is 5.82 Å². The SMILES string of the molecule is Fc1cc2n[nH]c(I)c2nc1Br. The zero-order valence-corrected chi connectivity index (χ0v) is 9.35. The average molecular weight is 342 g/mol. The van der Waals surface area contributed by atoms with Gasteiger partial charge in [0.15, 0.2) is 5.82 Å². The maximum atomic E-state index is 12.9. The second-order valence-corrected chi connectivity index (χ2v) is 4.00. The minimum atomic E-state index is -0.398. The second kappa shape index (κ2) is 2.91. The number of hydrogen-bond donors (Lipinski definition) is 1. The number of halogens is 3. The number of rotatable bonds is 0. The summed E-state index contributed by atoms with van der Waals surface area (Å²) in [4.78, 5) is 3.98. The van der Waals surface area contributed by atoms with Gasteiger partial charge in [-0.2, -0.15) is 5.10 Å². The van der Waals surface area contributed by atoms with Crippen LogP contribution < -0.4 is 0 Å². The molecule has 0 aromatic carbocycles. The molecule has 62 valence electrons. The molecule has 0 spiro atoms. The summed E-state index contributed by atoms with van der Waals surface area (Å²) in [7, 11) is 0. The van der Waals surface area contributed by atoms with E-state index in [1.54, 1.807) is 0 Å². The van der Waals surface area contributed by atoms with E-state index in [9.17, 15) is 4.39 Å². The van der Waals surface area contributed by atoms with Crippen molar-refractivity contribution in [3.8, 4) is 0 Å². The molecule has 0 aliphatic rings. The molecule has 0 amide bonds. The number of aromatic amines is 1. The van der Waals surface area contributed by atoms with Crippen LogP contribution in [0.5, 0.6) is 0 Å². The Morgan fingerprint density at radius 3 is 3.08 bits per heavy atom. The number of nitrogens with one attached hydrogen (secondary N) is 1. The molecule has 2 rings (SSSR count). The first-order chi connectivity index (χ1) is 5.68. The molecule has 0 saturated heterocycles. The van der Waals surface area contributed by atoms with Crippen molar-refractivity contribution < 1.29 is 4.39 Å². The molecule has 2 aromatic rings. The van der Waals surface area contributed by atoms with Crippen molar-refractivity contribution in [1.29, 1.82) is 0 Å². The lowest BCUT2D eigenvalue weighted by molar-refractivity contribution is 0.616. The molecular formula is C6H2BrFIN3. The number of H-pyrrole nitrogens is 1. The van der Waals surface area contributed by atoms with Crippen LogP contribution in [0.3, 0.4) is 0 Å². The maximum Gasteiger partial charge on any atom is 0.158 e. The summed E-state index contributed by atoms with van der Waals surface area (Å²) in [5.41, 5.74) is 1.23. The quantitative estimate of drug-likeness (QED) is 0.591. The standard InChI is InChI=1S/C6H2BrFIN3/c7-5-2(8)1-3-4(10-5)6(9)12-11-3/h1H,(H,11,12). The van der Waals surface area contributed by atoms with Crippen molar-refractivity contribution in [2.75, 3.05) is 0 Å². The van der Waals surface area contributed by atoms with Crippen molar-refractivity contribution in [1.82, 2.24) is 15.2 Å². The summed E-state index contributed by atoms with van der Waals surface area (Å²) in [6, 6.07) is 1.34. The van der Waals surface area contributed by atoms with E-state index in [1.165, 1.54) is 6.07 Å². The zero-order chi connectivity index (χ0) is 8.72. The van der Waals surface area contributed by atoms with Gasteiger partial charge in [-0.05, 0) is 38.5 Å². The van der Waals surface area contributed by atoms with Gasteiger partial charge < -0.3 is 0 Å². The van der Waals surface area contributed by atoms with Crippen LogP contribution in [0.15, 0.2) is 10.7 Å². The Kier molecular flexibility index (Phi) is 2.03. The van der Waals surface area contributed by atoms with Gasteiger partial charge in [0.1, 0.15) is 19.3 Å². The Balaban J connectivity index is 2.87. The molecule has 2 aromatic heterocycles. The molecule has 2 heterocycles. The highest BCUT2D eigenvalue weighted by molar-refractivity contribution is 14.1. The first kappa shape index (κ1) is 8.36. The third-order valence-electron chi connectivity index (χ3n) is 1.40. The molecule has 0 bridgehead atoms. The Morgan fingerprint density at radius 1 is 1.58 bits per heavy atom. The fourth-order valence-electron chi connectivity index (χ4n) is 0.866. The lowest BCUT2D eigenvalue weighted by atomic mass is 10.4. The minimum Gasteiger partial charge on any atom is -0.269 e. The first-order valence-electron chi connectivity index (χ1n) is 3.04. The Bertz CT molecular complexity index is 442. The molecule has 1 N–H and O–H groups in total. The topological polar surface area (TPSA) is 41.6 Å². The second-order valence-electron chi connectivity index (χ2n) is 2.17. The van der Waals surface area contributed by atoms with Crippen LogP contribution >= 0.6 is 38.5 Å². The molecule has 0 saturated carbocycles. The summed E-state index contributed by atoms with van der Waals surface area (Å²) in [6.07, 6.45) is 0. The van der Waals surface area contributed by atoms with Crippen LogP contribution in [0.25, 0.3) is 11.0 Å². The van der Waals surface area contributed by atoms with Crippen LogP contribution in [0, 0.1) is 9.52 Å². The van der Waals surface area contributed by atoms with Crippen LogP contribution in [-0.4, -0.2) is 15.2 Å². The largest absolute Gasteiger partial charge is 0.269 e. The van der Waals surface area contributed by atoms with Gasteiger partial charge in [0.2, 0.25) is 0 Å². The van der Waals surface area contributed by atoms with Crippen LogP contribution in [0.4, 0.5) is 4.39 Å². The molecule has 0 aliphatic heterocycles. The predicted octanol–water partition coefficient (Wildman–Crippen LogP) is 2.46. The number of nitrogens with zero attached hydrogens (tertiary/aromatic N) is 2. The summed E-state index contributed by atoms with van der Waals surface area (Å²) < 4.78 is 13.9. The van der Waals surface area contributed by atoms with Gasteiger partial charge in [0.05, 0.1) is 0 Å². The molecule has 12 heavy (non-hydrogen) atoms. The lowest BCUT2D eigenvalue weighted by Crippen LogP contribution is -1.83. The van der Waals surface area contributed by atoms with Gasteiger partial charge in [-0.25, -0.2) is 9.37 Å². The van der Waals surface area contributed by atoms with E-state index in [2.05, 4.69) is 53.7 Å². The van der Waals surface area contributed by atoms with E-state index >= 15 is 0 Å². The van der Waals surface area contributed by atoms with Gasteiger partial charge in [-0.1, -0.05) is 0 Å². The lowest BCUT2D eigenvalue weighted by Gasteiger charge is -1.92. The van der Waals surface area contributed by atoms with Crippen molar-refractivity contribution >= 4 is 49.6 Å². The summed E-state index contributed by atoms with van der Waals surface area (Å²) in [5, 5.41) is 6.58. The molecular weight excluding hydrogens is 340 g/mol. The van der Waals surface area contributed by atoms with Crippen molar-refractivity contribution in [2.45, 2.75) is 0 Å². The maximum absolute atomic E-state index is 12.9. The number of aromatic nitrogens is 3. The highest BCUT2D eigenvalue weighted by Crippen LogP contribution is 2.20. The minimum absolute atomic E-state index is 0.217. The van der Waals surface area contributed by atoms with E-state index in [1.807, 2.05) is 0 Å². The Labute approximate surface area is 89.0 Å². The van der Waals surface area contributed by atoms with Gasteiger partial charge in [-0.3, -0.25) is 5.10 Å². The molecule has 3 nitrogen and oxygen atoms in total. The fourth-order valence-corrected chi connectivity index (χ4v) is 1.68. The van der Waals surface area contributed by atoms with Crippen molar-refractivity contribution in [2.24, 2.45) is 0 Å².